The molecular weight excluding hydrogens is 262 g/mol. The third-order valence-corrected chi connectivity index (χ3v) is 4.21. The first-order valence-corrected chi connectivity index (χ1v) is 7.70. The summed E-state index contributed by atoms with van der Waals surface area (Å²) in [7, 11) is 0. The summed E-state index contributed by atoms with van der Waals surface area (Å²) in [6, 6.07) is 8.21. The van der Waals surface area contributed by atoms with Gasteiger partial charge >= 0.3 is 6.03 Å². The number of carbonyl (C=O) groups is 1. The molecule has 4 nitrogen and oxygen atoms in total. The Balaban J connectivity index is 1.82. The smallest absolute Gasteiger partial charge is 0.317 e. The normalized spacial score (nSPS) is 16.9. The molecular formula is C17H27N3O. The van der Waals surface area contributed by atoms with Crippen LogP contribution in [0.2, 0.25) is 0 Å². The maximum Gasteiger partial charge on any atom is 0.317 e. The molecule has 0 spiro atoms. The molecule has 2 rings (SSSR count). The summed E-state index contributed by atoms with van der Waals surface area (Å²) >= 11 is 0. The van der Waals surface area contributed by atoms with Crippen LogP contribution in [0, 0.1) is 6.92 Å². The van der Waals surface area contributed by atoms with Gasteiger partial charge in [0.15, 0.2) is 0 Å². The Morgan fingerprint density at radius 2 is 1.76 bits per heavy atom. The van der Waals surface area contributed by atoms with Crippen molar-refractivity contribution >= 4 is 6.03 Å². The van der Waals surface area contributed by atoms with E-state index in [2.05, 4.69) is 50.0 Å². The SMILES string of the molecule is Cc1ccccc1CNC(=O)N1CCN(C(C)(C)C)CC1. The number of benzene rings is 1. The molecule has 1 aliphatic heterocycles. The standard InChI is InChI=1S/C17H27N3O/c1-14-7-5-6-8-15(14)13-18-16(21)19-9-11-20(12-10-19)17(2,3)4/h5-8H,9-13H2,1-4H3,(H,18,21). The molecule has 1 aliphatic rings. The lowest BCUT2D eigenvalue weighted by atomic mass is 10.1. The lowest BCUT2D eigenvalue weighted by Gasteiger charge is -2.42. The Morgan fingerprint density at radius 1 is 1.14 bits per heavy atom. The minimum Gasteiger partial charge on any atom is -0.334 e. The average molecular weight is 289 g/mol. The highest BCUT2D eigenvalue weighted by molar-refractivity contribution is 5.74. The van der Waals surface area contributed by atoms with Gasteiger partial charge in [-0.25, -0.2) is 4.79 Å². The van der Waals surface area contributed by atoms with Crippen molar-refractivity contribution in [3.63, 3.8) is 0 Å². The van der Waals surface area contributed by atoms with Crippen LogP contribution < -0.4 is 5.32 Å². The van der Waals surface area contributed by atoms with Crippen molar-refractivity contribution in [2.24, 2.45) is 0 Å². The second-order valence-electron chi connectivity index (χ2n) is 6.73. The largest absolute Gasteiger partial charge is 0.334 e. The molecule has 116 valence electrons. The fourth-order valence-corrected chi connectivity index (χ4v) is 2.67. The van der Waals surface area contributed by atoms with Crippen LogP contribution in [-0.4, -0.2) is 47.5 Å². The number of piperazine rings is 1. The average Bonchev–Trinajstić information content (AvgIpc) is 2.45. The highest BCUT2D eigenvalue weighted by Crippen LogP contribution is 2.15. The summed E-state index contributed by atoms with van der Waals surface area (Å²) in [4.78, 5) is 16.6. The molecule has 0 atom stereocenters. The van der Waals surface area contributed by atoms with Crippen molar-refractivity contribution in [1.82, 2.24) is 15.1 Å². The quantitative estimate of drug-likeness (QED) is 0.908. The monoisotopic (exact) mass is 289 g/mol. The Bertz CT molecular complexity index is 485. The first-order chi connectivity index (χ1) is 9.88. The van der Waals surface area contributed by atoms with Gasteiger partial charge in [0.25, 0.3) is 0 Å². The van der Waals surface area contributed by atoms with Crippen LogP contribution in [0.4, 0.5) is 4.79 Å². The minimum absolute atomic E-state index is 0.0480. The van der Waals surface area contributed by atoms with E-state index in [4.69, 9.17) is 0 Å². The van der Waals surface area contributed by atoms with E-state index < -0.39 is 0 Å². The number of nitrogens with zero attached hydrogens (tertiary/aromatic N) is 2. The molecule has 1 aromatic carbocycles. The minimum atomic E-state index is 0.0480. The number of carbonyl (C=O) groups excluding carboxylic acids is 1. The lowest BCUT2D eigenvalue weighted by Crippen LogP contribution is -2.56. The summed E-state index contributed by atoms with van der Waals surface area (Å²) < 4.78 is 0. The summed E-state index contributed by atoms with van der Waals surface area (Å²) in [6.45, 7) is 12.8. The van der Waals surface area contributed by atoms with Crippen molar-refractivity contribution in [1.29, 1.82) is 0 Å². The number of aryl methyl sites for hydroxylation is 1. The maximum absolute atomic E-state index is 12.2. The second kappa shape index (κ2) is 6.48. The van der Waals surface area contributed by atoms with Crippen molar-refractivity contribution in [3.05, 3.63) is 35.4 Å². The van der Waals surface area contributed by atoms with E-state index in [0.29, 0.717) is 6.54 Å². The predicted molar refractivity (Wildman–Crippen MR) is 86.3 cm³/mol. The van der Waals surface area contributed by atoms with Gasteiger partial charge in [-0.1, -0.05) is 24.3 Å². The highest BCUT2D eigenvalue weighted by Gasteiger charge is 2.27. The molecule has 0 aliphatic carbocycles. The van der Waals surface area contributed by atoms with E-state index in [1.807, 2.05) is 17.0 Å². The zero-order valence-corrected chi connectivity index (χ0v) is 13.6. The molecule has 1 aromatic rings. The van der Waals surface area contributed by atoms with E-state index in [0.717, 1.165) is 26.2 Å². The van der Waals surface area contributed by atoms with Gasteiger partial charge in [0.2, 0.25) is 0 Å². The molecule has 0 bridgehead atoms. The number of hydrogen-bond acceptors (Lipinski definition) is 2. The van der Waals surface area contributed by atoms with Crippen LogP contribution in [0.1, 0.15) is 31.9 Å². The number of amides is 2. The Hall–Kier alpha value is -1.55. The zero-order chi connectivity index (χ0) is 15.5. The van der Waals surface area contributed by atoms with Gasteiger partial charge < -0.3 is 10.2 Å². The molecule has 1 saturated heterocycles. The van der Waals surface area contributed by atoms with Gasteiger partial charge in [0, 0.05) is 38.3 Å². The molecule has 0 unspecified atom stereocenters. The fraction of sp³-hybridized carbons (Fsp3) is 0.588. The van der Waals surface area contributed by atoms with Gasteiger partial charge in [0.1, 0.15) is 0 Å². The van der Waals surface area contributed by atoms with Gasteiger partial charge in [0.05, 0.1) is 0 Å². The summed E-state index contributed by atoms with van der Waals surface area (Å²) in [5, 5.41) is 3.03. The first kappa shape index (κ1) is 15.8. The third-order valence-electron chi connectivity index (χ3n) is 4.21. The second-order valence-corrected chi connectivity index (χ2v) is 6.73. The Kier molecular flexibility index (Phi) is 4.88. The van der Waals surface area contributed by atoms with E-state index >= 15 is 0 Å². The molecule has 0 radical (unpaired) electrons. The van der Waals surface area contributed by atoms with E-state index in [1.54, 1.807) is 0 Å². The van der Waals surface area contributed by atoms with Crippen molar-refractivity contribution in [2.75, 3.05) is 26.2 Å². The predicted octanol–water partition coefficient (Wildman–Crippen LogP) is 2.62. The molecule has 2 amide bonds. The zero-order valence-electron chi connectivity index (χ0n) is 13.6. The van der Waals surface area contributed by atoms with Crippen molar-refractivity contribution in [3.8, 4) is 0 Å². The van der Waals surface area contributed by atoms with Crippen LogP contribution in [0.15, 0.2) is 24.3 Å². The summed E-state index contributed by atoms with van der Waals surface area (Å²) in [6.07, 6.45) is 0. The van der Waals surface area contributed by atoms with E-state index in [9.17, 15) is 4.79 Å². The third kappa shape index (κ3) is 4.21. The van der Waals surface area contributed by atoms with Gasteiger partial charge in [-0.05, 0) is 38.8 Å². The first-order valence-electron chi connectivity index (χ1n) is 7.70. The van der Waals surface area contributed by atoms with E-state index in [-0.39, 0.29) is 11.6 Å². The number of hydrogen-bond donors (Lipinski definition) is 1. The Morgan fingerprint density at radius 3 is 2.33 bits per heavy atom. The van der Waals surface area contributed by atoms with Crippen LogP contribution >= 0.6 is 0 Å². The maximum atomic E-state index is 12.2. The fourth-order valence-electron chi connectivity index (χ4n) is 2.67. The number of nitrogens with one attached hydrogen (secondary N) is 1. The van der Waals surface area contributed by atoms with Crippen LogP contribution in [0.25, 0.3) is 0 Å². The Labute approximate surface area is 128 Å². The molecule has 4 heteroatoms. The van der Waals surface area contributed by atoms with Crippen molar-refractivity contribution < 1.29 is 4.79 Å². The van der Waals surface area contributed by atoms with Gasteiger partial charge in [-0.15, -0.1) is 0 Å². The van der Waals surface area contributed by atoms with Crippen LogP contribution in [0.5, 0.6) is 0 Å². The molecule has 0 saturated carbocycles. The van der Waals surface area contributed by atoms with Gasteiger partial charge in [-0.2, -0.15) is 0 Å². The molecule has 1 N–H and O–H groups in total. The topological polar surface area (TPSA) is 35.6 Å². The molecule has 1 heterocycles. The molecule has 21 heavy (non-hydrogen) atoms. The van der Waals surface area contributed by atoms with E-state index in [1.165, 1.54) is 11.1 Å². The van der Waals surface area contributed by atoms with Crippen molar-refractivity contribution in [2.45, 2.75) is 39.8 Å². The molecule has 0 aromatic heterocycles. The summed E-state index contributed by atoms with van der Waals surface area (Å²) in [5.41, 5.74) is 2.58. The number of urea groups is 1. The van der Waals surface area contributed by atoms with Crippen LogP contribution in [0.3, 0.4) is 0 Å². The highest BCUT2D eigenvalue weighted by atomic mass is 16.2. The van der Waals surface area contributed by atoms with Gasteiger partial charge in [-0.3, -0.25) is 4.90 Å². The molecule has 1 fully saturated rings. The number of rotatable bonds is 2. The van der Waals surface area contributed by atoms with Crippen LogP contribution in [-0.2, 0) is 6.54 Å². The lowest BCUT2D eigenvalue weighted by molar-refractivity contribution is 0.0742. The summed E-state index contributed by atoms with van der Waals surface area (Å²) in [5.74, 6) is 0.